The Morgan fingerprint density at radius 2 is 1.80 bits per heavy atom. The molecule has 0 radical (unpaired) electrons. The van der Waals surface area contributed by atoms with Crippen LogP contribution in [0.1, 0.15) is 53.5 Å². The molecule has 0 aliphatic carbocycles. The zero-order chi connectivity index (χ0) is 25.2. The molecule has 184 valence electrons. The minimum atomic E-state index is -4.50. The van der Waals surface area contributed by atoms with Crippen LogP contribution < -0.4 is 0 Å². The first kappa shape index (κ1) is 24.7. The Hall–Kier alpha value is -3.43. The van der Waals surface area contributed by atoms with Crippen molar-refractivity contribution in [2.75, 3.05) is 6.54 Å². The van der Waals surface area contributed by atoms with Gasteiger partial charge in [-0.3, -0.25) is 4.79 Å². The molecule has 0 N–H and O–H groups in total. The fourth-order valence-electron chi connectivity index (χ4n) is 4.60. The summed E-state index contributed by atoms with van der Waals surface area (Å²) in [5.74, 6) is -0.438. The third kappa shape index (κ3) is 5.31. The van der Waals surface area contributed by atoms with E-state index in [-0.39, 0.29) is 29.2 Å². The fraction of sp³-hybridized carbons (Fsp3) is 0.400. The van der Waals surface area contributed by atoms with Crippen molar-refractivity contribution in [1.29, 1.82) is 0 Å². The molecule has 2 aromatic heterocycles. The van der Waals surface area contributed by atoms with Gasteiger partial charge in [0.25, 0.3) is 5.91 Å². The standard InChI is InChI=1S/C25H25F4N5O/c1-15-5-3-12-34(19(15)8-9-20-32-13-17(14-33-20)25(27,28)29)24(35)22-18(26)7-6-16(2)21(22)23-30-10-4-11-31-23/h4,6-7,10-11,13-15,19H,3,5,8-9,12H2,1-2H3/t15-,19-/m1/s1. The number of carbonyl (C=O) groups excluding carboxylic acids is 1. The highest BCUT2D eigenvalue weighted by Crippen LogP contribution is 2.33. The summed E-state index contributed by atoms with van der Waals surface area (Å²) in [5.41, 5.74) is 0.0649. The second kappa shape index (κ2) is 10.1. The summed E-state index contributed by atoms with van der Waals surface area (Å²) >= 11 is 0. The van der Waals surface area contributed by atoms with Gasteiger partial charge in [0.15, 0.2) is 5.82 Å². The number of rotatable bonds is 5. The maximum atomic E-state index is 15.1. The molecular weight excluding hydrogens is 462 g/mol. The average Bonchev–Trinajstić information content (AvgIpc) is 2.84. The summed E-state index contributed by atoms with van der Waals surface area (Å²) in [6, 6.07) is 4.26. The van der Waals surface area contributed by atoms with E-state index in [4.69, 9.17) is 0 Å². The van der Waals surface area contributed by atoms with Gasteiger partial charge in [0, 0.05) is 49.4 Å². The molecule has 1 saturated heterocycles. The van der Waals surface area contributed by atoms with Gasteiger partial charge in [0.05, 0.1) is 11.1 Å². The maximum absolute atomic E-state index is 15.1. The SMILES string of the molecule is Cc1ccc(F)c(C(=O)N2CCC[C@@H](C)[C@H]2CCc2ncc(C(F)(F)F)cn2)c1-c1ncccn1. The molecule has 1 fully saturated rings. The van der Waals surface area contributed by atoms with Crippen LogP contribution in [0, 0.1) is 18.7 Å². The number of nitrogens with zero attached hydrogens (tertiary/aromatic N) is 5. The summed E-state index contributed by atoms with van der Waals surface area (Å²) in [5, 5.41) is 0. The van der Waals surface area contributed by atoms with Gasteiger partial charge < -0.3 is 4.90 Å². The molecule has 35 heavy (non-hydrogen) atoms. The Labute approximate surface area is 200 Å². The first-order valence-electron chi connectivity index (χ1n) is 11.4. The molecule has 0 bridgehead atoms. The Bertz CT molecular complexity index is 1180. The van der Waals surface area contributed by atoms with E-state index < -0.39 is 23.5 Å². The number of likely N-dealkylation sites (tertiary alicyclic amines) is 1. The summed E-state index contributed by atoms with van der Waals surface area (Å²) in [6.07, 6.45) is 2.50. The van der Waals surface area contributed by atoms with Crippen LogP contribution in [0.4, 0.5) is 17.6 Å². The van der Waals surface area contributed by atoms with E-state index in [2.05, 4.69) is 19.9 Å². The van der Waals surface area contributed by atoms with E-state index in [1.165, 1.54) is 18.5 Å². The van der Waals surface area contributed by atoms with E-state index in [1.54, 1.807) is 24.0 Å². The number of halogens is 4. The van der Waals surface area contributed by atoms with Crippen LogP contribution in [0.15, 0.2) is 43.0 Å². The summed E-state index contributed by atoms with van der Waals surface area (Å²) in [6.45, 7) is 4.25. The number of alkyl halides is 3. The van der Waals surface area contributed by atoms with Gasteiger partial charge in [-0.15, -0.1) is 0 Å². The molecule has 0 unspecified atom stereocenters. The van der Waals surface area contributed by atoms with Crippen LogP contribution in [0.5, 0.6) is 0 Å². The van der Waals surface area contributed by atoms with Crippen molar-refractivity contribution < 1.29 is 22.4 Å². The number of aryl methyl sites for hydroxylation is 2. The summed E-state index contributed by atoms with van der Waals surface area (Å²) < 4.78 is 53.5. The molecule has 4 rings (SSSR count). The van der Waals surface area contributed by atoms with E-state index >= 15 is 4.39 Å². The molecule has 1 aliphatic rings. The summed E-state index contributed by atoms with van der Waals surface area (Å²) in [7, 11) is 0. The number of amides is 1. The highest BCUT2D eigenvalue weighted by molar-refractivity contribution is 6.01. The van der Waals surface area contributed by atoms with Gasteiger partial charge in [-0.05, 0) is 49.8 Å². The third-order valence-corrected chi connectivity index (χ3v) is 6.44. The van der Waals surface area contributed by atoms with Crippen LogP contribution >= 0.6 is 0 Å². The topological polar surface area (TPSA) is 71.9 Å². The molecule has 0 spiro atoms. The van der Waals surface area contributed by atoms with Gasteiger partial charge >= 0.3 is 6.18 Å². The quantitative estimate of drug-likeness (QED) is 0.459. The minimum absolute atomic E-state index is 0.0684. The zero-order valence-corrected chi connectivity index (χ0v) is 19.4. The summed E-state index contributed by atoms with van der Waals surface area (Å²) in [4.78, 5) is 31.6. The first-order valence-corrected chi connectivity index (χ1v) is 11.4. The number of aromatic nitrogens is 4. The normalized spacial score (nSPS) is 18.5. The van der Waals surface area contributed by atoms with Crippen molar-refractivity contribution in [2.45, 2.75) is 51.7 Å². The second-order valence-corrected chi connectivity index (χ2v) is 8.80. The zero-order valence-electron chi connectivity index (χ0n) is 19.4. The molecule has 6 nitrogen and oxygen atoms in total. The van der Waals surface area contributed by atoms with Gasteiger partial charge in [0.2, 0.25) is 0 Å². The average molecular weight is 488 g/mol. The van der Waals surface area contributed by atoms with Crippen molar-refractivity contribution >= 4 is 5.91 Å². The van der Waals surface area contributed by atoms with Crippen molar-refractivity contribution in [1.82, 2.24) is 24.8 Å². The van der Waals surface area contributed by atoms with Gasteiger partial charge in [-0.2, -0.15) is 13.2 Å². The first-order chi connectivity index (χ1) is 16.7. The molecule has 1 aliphatic heterocycles. The lowest BCUT2D eigenvalue weighted by Gasteiger charge is -2.40. The monoisotopic (exact) mass is 487 g/mol. The largest absolute Gasteiger partial charge is 0.419 e. The van der Waals surface area contributed by atoms with E-state index in [9.17, 15) is 18.0 Å². The lowest BCUT2D eigenvalue weighted by Crippen LogP contribution is -2.48. The minimum Gasteiger partial charge on any atom is -0.335 e. The Morgan fingerprint density at radius 1 is 1.11 bits per heavy atom. The Balaban J connectivity index is 1.61. The smallest absolute Gasteiger partial charge is 0.335 e. The number of carbonyl (C=O) groups is 1. The van der Waals surface area contributed by atoms with E-state index in [0.717, 1.165) is 25.2 Å². The number of hydrogen-bond acceptors (Lipinski definition) is 5. The van der Waals surface area contributed by atoms with Crippen LogP contribution in [0.2, 0.25) is 0 Å². The highest BCUT2D eigenvalue weighted by Gasteiger charge is 2.35. The maximum Gasteiger partial charge on any atom is 0.419 e. The highest BCUT2D eigenvalue weighted by atomic mass is 19.4. The molecule has 0 saturated carbocycles. The van der Waals surface area contributed by atoms with Gasteiger partial charge in [0.1, 0.15) is 11.6 Å². The Kier molecular flexibility index (Phi) is 7.09. The van der Waals surface area contributed by atoms with Gasteiger partial charge in [-0.25, -0.2) is 24.3 Å². The number of piperidine rings is 1. The fourth-order valence-corrected chi connectivity index (χ4v) is 4.60. The van der Waals surface area contributed by atoms with Gasteiger partial charge in [-0.1, -0.05) is 13.0 Å². The second-order valence-electron chi connectivity index (χ2n) is 8.80. The van der Waals surface area contributed by atoms with E-state index in [1.807, 2.05) is 6.92 Å². The van der Waals surface area contributed by atoms with Crippen LogP contribution in [0.25, 0.3) is 11.4 Å². The molecule has 3 heterocycles. The van der Waals surface area contributed by atoms with Crippen molar-refractivity contribution in [3.8, 4) is 11.4 Å². The molecule has 1 amide bonds. The third-order valence-electron chi connectivity index (χ3n) is 6.44. The van der Waals surface area contributed by atoms with Crippen molar-refractivity contribution in [2.24, 2.45) is 5.92 Å². The molecule has 1 aromatic carbocycles. The number of hydrogen-bond donors (Lipinski definition) is 0. The van der Waals surface area contributed by atoms with Crippen molar-refractivity contribution in [3.63, 3.8) is 0 Å². The predicted octanol–water partition coefficient (Wildman–Crippen LogP) is 5.27. The van der Waals surface area contributed by atoms with Crippen LogP contribution in [-0.4, -0.2) is 43.3 Å². The molecule has 3 aromatic rings. The lowest BCUT2D eigenvalue weighted by molar-refractivity contribution is -0.138. The molecule has 10 heteroatoms. The Morgan fingerprint density at radius 3 is 2.46 bits per heavy atom. The van der Waals surface area contributed by atoms with Crippen LogP contribution in [0.3, 0.4) is 0 Å². The molecule has 2 atom stereocenters. The predicted molar refractivity (Wildman–Crippen MR) is 121 cm³/mol. The number of benzene rings is 1. The van der Waals surface area contributed by atoms with Crippen LogP contribution in [-0.2, 0) is 12.6 Å². The van der Waals surface area contributed by atoms with E-state index in [0.29, 0.717) is 30.5 Å². The molecular formula is C25H25F4N5O. The van der Waals surface area contributed by atoms with Crippen molar-refractivity contribution in [3.05, 3.63) is 71.3 Å². The lowest BCUT2D eigenvalue weighted by atomic mass is 9.86.